The molecule has 7 heteroatoms. The first-order valence-electron chi connectivity index (χ1n) is 11.5. The Kier molecular flexibility index (Phi) is 7.62. The Labute approximate surface area is 192 Å². The highest BCUT2D eigenvalue weighted by Gasteiger charge is 2.17. The lowest BCUT2D eigenvalue weighted by Gasteiger charge is -2.20. The van der Waals surface area contributed by atoms with Crippen LogP contribution in [0.15, 0.2) is 46.9 Å². The van der Waals surface area contributed by atoms with Crippen LogP contribution in [0.1, 0.15) is 37.7 Å². The molecule has 0 saturated heterocycles. The van der Waals surface area contributed by atoms with Gasteiger partial charge >= 0.3 is 5.97 Å². The number of carbonyl (C=O) groups is 1. The molecule has 1 heterocycles. The fourth-order valence-electron chi connectivity index (χ4n) is 4.42. The summed E-state index contributed by atoms with van der Waals surface area (Å²) in [5.74, 6) is 0.552. The minimum Gasteiger partial charge on any atom is -0.493 e. The van der Waals surface area contributed by atoms with Crippen molar-refractivity contribution in [1.82, 2.24) is 4.90 Å². The average Bonchev–Trinajstić information content (AvgIpc) is 3.45. The first-order chi connectivity index (χ1) is 16.0. The molecule has 1 aliphatic carbocycles. The molecule has 6 nitrogen and oxygen atoms in total. The molecule has 0 spiro atoms. The summed E-state index contributed by atoms with van der Waals surface area (Å²) in [7, 11) is 0. The zero-order chi connectivity index (χ0) is 23.2. The van der Waals surface area contributed by atoms with Crippen LogP contribution in [0.4, 0.5) is 4.39 Å². The van der Waals surface area contributed by atoms with Crippen molar-refractivity contribution in [2.24, 2.45) is 5.92 Å². The van der Waals surface area contributed by atoms with Crippen molar-refractivity contribution in [3.05, 3.63) is 53.8 Å². The van der Waals surface area contributed by atoms with E-state index in [1.165, 1.54) is 31.7 Å². The minimum absolute atomic E-state index is 0.0358. The van der Waals surface area contributed by atoms with Crippen LogP contribution in [0.5, 0.6) is 5.75 Å². The number of fused-ring (bicyclic) bond motifs is 1. The van der Waals surface area contributed by atoms with E-state index in [9.17, 15) is 14.3 Å². The highest BCUT2D eigenvalue weighted by molar-refractivity contribution is 5.84. The maximum Gasteiger partial charge on any atom is 0.304 e. The van der Waals surface area contributed by atoms with E-state index in [-0.39, 0.29) is 19.6 Å². The Bertz CT molecular complexity index is 1090. The summed E-state index contributed by atoms with van der Waals surface area (Å²) < 4.78 is 26.8. The molecule has 33 heavy (non-hydrogen) atoms. The van der Waals surface area contributed by atoms with Crippen molar-refractivity contribution >= 4 is 16.9 Å². The Balaban J connectivity index is 1.46. The summed E-state index contributed by atoms with van der Waals surface area (Å²) in [4.78, 5) is 12.6. The third kappa shape index (κ3) is 6.12. The molecule has 0 bridgehead atoms. The van der Waals surface area contributed by atoms with E-state index in [1.807, 2.05) is 24.3 Å². The number of aliphatic carboxylic acids is 1. The molecular weight excluding hydrogens is 425 g/mol. The Morgan fingerprint density at radius 2 is 1.94 bits per heavy atom. The molecule has 176 valence electrons. The van der Waals surface area contributed by atoms with Gasteiger partial charge in [-0.3, -0.25) is 9.69 Å². The van der Waals surface area contributed by atoms with E-state index < -0.39 is 11.8 Å². The van der Waals surface area contributed by atoms with Gasteiger partial charge in [0, 0.05) is 25.0 Å². The summed E-state index contributed by atoms with van der Waals surface area (Å²) in [5, 5.41) is 19.0. The van der Waals surface area contributed by atoms with Gasteiger partial charge in [-0.05, 0) is 60.7 Å². The largest absolute Gasteiger partial charge is 0.493 e. The third-order valence-corrected chi connectivity index (χ3v) is 6.21. The zero-order valence-corrected chi connectivity index (χ0v) is 18.6. The predicted octanol–water partition coefficient (Wildman–Crippen LogP) is 5.08. The lowest BCUT2D eigenvalue weighted by atomic mass is 10.1. The fourth-order valence-corrected chi connectivity index (χ4v) is 4.42. The van der Waals surface area contributed by atoms with Crippen molar-refractivity contribution in [3.63, 3.8) is 0 Å². The Morgan fingerprint density at radius 3 is 2.67 bits per heavy atom. The highest BCUT2D eigenvalue weighted by Crippen LogP contribution is 2.33. The van der Waals surface area contributed by atoms with Crippen molar-refractivity contribution in [2.75, 3.05) is 26.3 Å². The van der Waals surface area contributed by atoms with Crippen LogP contribution in [-0.2, 0) is 11.3 Å². The molecule has 0 unspecified atom stereocenters. The molecule has 2 N–H and O–H groups in total. The number of ether oxygens (including phenoxy) is 1. The molecule has 1 aliphatic rings. The SMILES string of the molecule is O=C(O)CCN(CCO)Cc1ccc(-c2cc3cc(OCC4CCCC4)ccc3o2)c(F)c1. The number of hydrogen-bond donors (Lipinski definition) is 2. The lowest BCUT2D eigenvalue weighted by Crippen LogP contribution is -2.29. The monoisotopic (exact) mass is 455 g/mol. The minimum atomic E-state index is -0.906. The maximum atomic E-state index is 14.9. The molecule has 1 aromatic heterocycles. The second-order valence-electron chi connectivity index (χ2n) is 8.73. The van der Waals surface area contributed by atoms with E-state index in [0.29, 0.717) is 41.5 Å². The van der Waals surface area contributed by atoms with Gasteiger partial charge in [-0.1, -0.05) is 18.9 Å². The molecular formula is C26H30FNO5. The summed E-state index contributed by atoms with van der Waals surface area (Å²) >= 11 is 0. The smallest absolute Gasteiger partial charge is 0.304 e. The molecule has 0 amide bonds. The number of carboxylic acid groups (broad SMARTS) is 1. The Hall–Kier alpha value is -2.90. The summed E-state index contributed by atoms with van der Waals surface area (Å²) in [6.07, 6.45) is 4.98. The van der Waals surface area contributed by atoms with Gasteiger partial charge in [0.25, 0.3) is 0 Å². The molecule has 1 saturated carbocycles. The van der Waals surface area contributed by atoms with Gasteiger partial charge in [-0.25, -0.2) is 4.39 Å². The summed E-state index contributed by atoms with van der Waals surface area (Å²) in [6, 6.07) is 12.4. The zero-order valence-electron chi connectivity index (χ0n) is 18.6. The van der Waals surface area contributed by atoms with Crippen molar-refractivity contribution in [2.45, 2.75) is 38.6 Å². The quantitative estimate of drug-likeness (QED) is 0.420. The van der Waals surface area contributed by atoms with E-state index >= 15 is 0 Å². The third-order valence-electron chi connectivity index (χ3n) is 6.21. The van der Waals surface area contributed by atoms with Crippen molar-refractivity contribution < 1.29 is 28.6 Å². The van der Waals surface area contributed by atoms with Gasteiger partial charge in [0.15, 0.2) is 0 Å². The molecule has 2 aromatic carbocycles. The first-order valence-corrected chi connectivity index (χ1v) is 11.5. The van der Waals surface area contributed by atoms with Crippen LogP contribution in [0, 0.1) is 11.7 Å². The van der Waals surface area contributed by atoms with Gasteiger partial charge in [0.1, 0.15) is 22.9 Å². The maximum absolute atomic E-state index is 14.9. The number of aliphatic hydroxyl groups excluding tert-OH is 1. The van der Waals surface area contributed by atoms with E-state index in [2.05, 4.69) is 0 Å². The van der Waals surface area contributed by atoms with Crippen LogP contribution in [-0.4, -0.2) is 47.4 Å². The normalized spacial score (nSPS) is 14.4. The van der Waals surface area contributed by atoms with Gasteiger partial charge in [-0.15, -0.1) is 0 Å². The second-order valence-corrected chi connectivity index (χ2v) is 8.73. The number of benzene rings is 2. The van der Waals surface area contributed by atoms with E-state index in [0.717, 1.165) is 17.7 Å². The summed E-state index contributed by atoms with van der Waals surface area (Å²) in [6.45, 7) is 1.60. The first kappa shape index (κ1) is 23.3. The van der Waals surface area contributed by atoms with Crippen LogP contribution >= 0.6 is 0 Å². The number of halogens is 1. The number of nitrogens with zero attached hydrogens (tertiary/aromatic N) is 1. The van der Waals surface area contributed by atoms with Gasteiger partial charge in [0.05, 0.1) is 25.2 Å². The van der Waals surface area contributed by atoms with Crippen molar-refractivity contribution in [1.29, 1.82) is 0 Å². The van der Waals surface area contributed by atoms with Crippen molar-refractivity contribution in [3.8, 4) is 17.1 Å². The number of rotatable bonds is 11. The van der Waals surface area contributed by atoms with Gasteiger partial charge < -0.3 is 19.4 Å². The molecule has 0 atom stereocenters. The van der Waals surface area contributed by atoms with Gasteiger partial charge in [-0.2, -0.15) is 0 Å². The van der Waals surface area contributed by atoms with Crippen LogP contribution in [0.25, 0.3) is 22.3 Å². The highest BCUT2D eigenvalue weighted by atomic mass is 19.1. The second kappa shape index (κ2) is 10.8. The molecule has 1 fully saturated rings. The van der Waals surface area contributed by atoms with E-state index in [4.69, 9.17) is 14.3 Å². The number of furan rings is 1. The molecule has 3 aromatic rings. The number of hydrogen-bond acceptors (Lipinski definition) is 5. The van der Waals surface area contributed by atoms with Crippen LogP contribution in [0.2, 0.25) is 0 Å². The Morgan fingerprint density at radius 1 is 1.12 bits per heavy atom. The number of aliphatic hydroxyl groups is 1. The fraction of sp³-hybridized carbons (Fsp3) is 0.423. The molecule has 4 rings (SSSR count). The molecule has 0 radical (unpaired) electrons. The summed E-state index contributed by atoms with van der Waals surface area (Å²) in [5.41, 5.74) is 1.74. The predicted molar refractivity (Wildman–Crippen MR) is 124 cm³/mol. The topological polar surface area (TPSA) is 83.1 Å². The van der Waals surface area contributed by atoms with E-state index in [1.54, 1.807) is 17.0 Å². The van der Waals surface area contributed by atoms with Crippen LogP contribution in [0.3, 0.4) is 0 Å². The number of carboxylic acids is 1. The lowest BCUT2D eigenvalue weighted by molar-refractivity contribution is -0.137. The van der Waals surface area contributed by atoms with Crippen LogP contribution < -0.4 is 4.74 Å². The van der Waals surface area contributed by atoms with Gasteiger partial charge in [0.2, 0.25) is 0 Å². The molecule has 0 aliphatic heterocycles. The average molecular weight is 456 g/mol. The standard InChI is InChI=1S/C26H30FNO5/c27-23-13-19(16-28(11-12-29)10-9-26(30)31)5-7-22(23)25-15-20-14-21(6-8-24(20)33-25)32-17-18-3-1-2-4-18/h5-8,13-15,18,29H,1-4,9-12,16-17H2,(H,30,31).